The van der Waals surface area contributed by atoms with Crippen LogP contribution in [0.5, 0.6) is 0 Å². The lowest BCUT2D eigenvalue weighted by Gasteiger charge is -2.24. The van der Waals surface area contributed by atoms with Gasteiger partial charge in [-0.1, -0.05) is 6.07 Å². The molecule has 2 aromatic heterocycles. The van der Waals surface area contributed by atoms with Gasteiger partial charge < -0.3 is 10.7 Å². The zero-order valence-electron chi connectivity index (χ0n) is 11.3. The van der Waals surface area contributed by atoms with Gasteiger partial charge in [-0.15, -0.1) is 0 Å². The monoisotopic (exact) mass is 256 g/mol. The molecule has 0 aromatic carbocycles. The summed E-state index contributed by atoms with van der Waals surface area (Å²) in [4.78, 5) is 12.6. The smallest absolute Gasteiger partial charge is 0.110 e. The lowest BCUT2D eigenvalue weighted by atomic mass is 9.86. The topological polar surface area (TPSA) is 67.6 Å². The van der Waals surface area contributed by atoms with Gasteiger partial charge in [0.2, 0.25) is 0 Å². The van der Waals surface area contributed by atoms with Gasteiger partial charge in [0, 0.05) is 23.9 Å². The molecule has 2 heterocycles. The molecule has 0 saturated heterocycles. The van der Waals surface area contributed by atoms with Crippen LogP contribution in [0.4, 0.5) is 0 Å². The highest BCUT2D eigenvalue weighted by atomic mass is 15.0. The molecule has 1 fully saturated rings. The zero-order chi connectivity index (χ0) is 13.2. The van der Waals surface area contributed by atoms with E-state index in [1.807, 2.05) is 24.4 Å². The van der Waals surface area contributed by atoms with Crippen molar-refractivity contribution in [1.82, 2.24) is 15.0 Å². The summed E-state index contributed by atoms with van der Waals surface area (Å²) in [6.07, 6.45) is 6.28. The molecule has 0 atom stereocenters. The SMILES string of the molecule is Cc1[nH]c(C2CCC(N)CC2)nc1-c1ccccn1. The van der Waals surface area contributed by atoms with E-state index in [9.17, 15) is 0 Å². The fraction of sp³-hybridized carbons (Fsp3) is 0.467. The lowest BCUT2D eigenvalue weighted by molar-refractivity contribution is 0.386. The van der Waals surface area contributed by atoms with Crippen molar-refractivity contribution in [3.63, 3.8) is 0 Å². The van der Waals surface area contributed by atoms with Crippen LogP contribution >= 0.6 is 0 Å². The van der Waals surface area contributed by atoms with Crippen molar-refractivity contribution in [2.24, 2.45) is 5.73 Å². The molecule has 100 valence electrons. The third kappa shape index (κ3) is 2.54. The van der Waals surface area contributed by atoms with Gasteiger partial charge in [0.15, 0.2) is 0 Å². The number of nitrogens with zero attached hydrogens (tertiary/aromatic N) is 2. The summed E-state index contributed by atoms with van der Waals surface area (Å²) in [5, 5.41) is 0. The average molecular weight is 256 g/mol. The van der Waals surface area contributed by atoms with Crippen molar-refractivity contribution in [2.45, 2.75) is 44.6 Å². The number of nitrogens with one attached hydrogen (secondary N) is 1. The van der Waals surface area contributed by atoms with E-state index in [0.717, 1.165) is 48.6 Å². The third-order valence-electron chi connectivity index (χ3n) is 3.97. The maximum atomic E-state index is 5.96. The predicted molar refractivity (Wildman–Crippen MR) is 75.7 cm³/mol. The summed E-state index contributed by atoms with van der Waals surface area (Å²) in [5.74, 6) is 1.63. The third-order valence-corrected chi connectivity index (χ3v) is 3.97. The van der Waals surface area contributed by atoms with Gasteiger partial charge in [-0.25, -0.2) is 4.98 Å². The van der Waals surface area contributed by atoms with Crippen molar-refractivity contribution < 1.29 is 0 Å². The highest BCUT2D eigenvalue weighted by Gasteiger charge is 2.23. The second kappa shape index (κ2) is 5.13. The molecule has 0 bridgehead atoms. The molecule has 1 aliphatic rings. The Morgan fingerprint density at radius 1 is 1.21 bits per heavy atom. The molecule has 4 heteroatoms. The Morgan fingerprint density at radius 3 is 2.68 bits per heavy atom. The maximum absolute atomic E-state index is 5.96. The fourth-order valence-electron chi connectivity index (χ4n) is 2.82. The zero-order valence-corrected chi connectivity index (χ0v) is 11.3. The summed E-state index contributed by atoms with van der Waals surface area (Å²) in [5.41, 5.74) is 8.98. The molecule has 2 aromatic rings. The van der Waals surface area contributed by atoms with Crippen LogP contribution in [-0.2, 0) is 0 Å². The van der Waals surface area contributed by atoms with Crippen molar-refractivity contribution in [3.8, 4) is 11.4 Å². The number of rotatable bonds is 2. The number of hydrogen-bond donors (Lipinski definition) is 2. The van der Waals surface area contributed by atoms with Crippen LogP contribution < -0.4 is 5.73 Å². The first kappa shape index (κ1) is 12.4. The first-order valence-corrected chi connectivity index (χ1v) is 6.97. The van der Waals surface area contributed by atoms with E-state index in [4.69, 9.17) is 10.7 Å². The maximum Gasteiger partial charge on any atom is 0.110 e. The van der Waals surface area contributed by atoms with Crippen LogP contribution in [0.3, 0.4) is 0 Å². The average Bonchev–Trinajstić information content (AvgIpc) is 2.83. The molecule has 3 N–H and O–H groups in total. The van der Waals surface area contributed by atoms with Crippen molar-refractivity contribution in [2.75, 3.05) is 0 Å². The minimum Gasteiger partial charge on any atom is -0.345 e. The number of nitrogens with two attached hydrogens (primary N) is 1. The fourth-order valence-corrected chi connectivity index (χ4v) is 2.82. The molecule has 0 aliphatic heterocycles. The van der Waals surface area contributed by atoms with Crippen LogP contribution in [0.1, 0.15) is 43.1 Å². The van der Waals surface area contributed by atoms with Crippen molar-refractivity contribution >= 4 is 0 Å². The van der Waals surface area contributed by atoms with Crippen LogP contribution in [0, 0.1) is 6.92 Å². The Hall–Kier alpha value is -1.68. The van der Waals surface area contributed by atoms with E-state index in [0.29, 0.717) is 12.0 Å². The molecule has 0 amide bonds. The number of imidazole rings is 1. The summed E-state index contributed by atoms with van der Waals surface area (Å²) >= 11 is 0. The van der Waals surface area contributed by atoms with Gasteiger partial charge in [0.25, 0.3) is 0 Å². The minimum atomic E-state index is 0.377. The standard InChI is InChI=1S/C15H20N4/c1-10-14(13-4-2-3-9-17-13)19-15(18-10)11-5-7-12(16)8-6-11/h2-4,9,11-12H,5-8,16H2,1H3,(H,18,19). The first-order valence-electron chi connectivity index (χ1n) is 6.97. The molecule has 1 saturated carbocycles. The van der Waals surface area contributed by atoms with Gasteiger partial charge in [-0.05, 0) is 44.7 Å². The van der Waals surface area contributed by atoms with Crippen molar-refractivity contribution in [3.05, 3.63) is 35.9 Å². The normalized spacial score (nSPS) is 23.5. The van der Waals surface area contributed by atoms with E-state index in [1.165, 1.54) is 0 Å². The van der Waals surface area contributed by atoms with Crippen LogP contribution in [0.25, 0.3) is 11.4 Å². The molecule has 19 heavy (non-hydrogen) atoms. The number of hydrogen-bond acceptors (Lipinski definition) is 3. The van der Waals surface area contributed by atoms with Crippen LogP contribution in [-0.4, -0.2) is 21.0 Å². The molecule has 0 unspecified atom stereocenters. The van der Waals surface area contributed by atoms with E-state index < -0.39 is 0 Å². The van der Waals surface area contributed by atoms with Gasteiger partial charge in [0.1, 0.15) is 11.5 Å². The molecule has 0 radical (unpaired) electrons. The van der Waals surface area contributed by atoms with E-state index in [1.54, 1.807) is 0 Å². The summed E-state index contributed by atoms with van der Waals surface area (Å²) in [6.45, 7) is 2.06. The van der Waals surface area contributed by atoms with Gasteiger partial charge in [-0.2, -0.15) is 0 Å². The second-order valence-corrected chi connectivity index (χ2v) is 5.42. The van der Waals surface area contributed by atoms with Crippen LogP contribution in [0.15, 0.2) is 24.4 Å². The van der Waals surface area contributed by atoms with Crippen LogP contribution in [0.2, 0.25) is 0 Å². The quantitative estimate of drug-likeness (QED) is 0.868. The Kier molecular flexibility index (Phi) is 3.34. The Morgan fingerprint density at radius 2 is 2.00 bits per heavy atom. The lowest BCUT2D eigenvalue weighted by Crippen LogP contribution is -2.26. The minimum absolute atomic E-state index is 0.377. The molecule has 1 aliphatic carbocycles. The van der Waals surface area contributed by atoms with Gasteiger partial charge >= 0.3 is 0 Å². The predicted octanol–water partition coefficient (Wildman–Crippen LogP) is 2.77. The van der Waals surface area contributed by atoms with Gasteiger partial charge in [0.05, 0.1) is 5.69 Å². The summed E-state index contributed by atoms with van der Waals surface area (Å²) in [7, 11) is 0. The first-order chi connectivity index (χ1) is 9.24. The number of pyridine rings is 1. The van der Waals surface area contributed by atoms with E-state index in [-0.39, 0.29) is 0 Å². The number of aromatic amines is 1. The Bertz CT molecular complexity index is 539. The Balaban J connectivity index is 1.85. The molecule has 4 nitrogen and oxygen atoms in total. The Labute approximate surface area is 113 Å². The van der Waals surface area contributed by atoms with E-state index in [2.05, 4.69) is 16.9 Å². The molecular weight excluding hydrogens is 236 g/mol. The highest BCUT2D eigenvalue weighted by Crippen LogP contribution is 2.32. The summed E-state index contributed by atoms with van der Waals surface area (Å²) in [6, 6.07) is 6.30. The van der Waals surface area contributed by atoms with Crippen molar-refractivity contribution in [1.29, 1.82) is 0 Å². The highest BCUT2D eigenvalue weighted by molar-refractivity contribution is 5.57. The largest absolute Gasteiger partial charge is 0.345 e. The van der Waals surface area contributed by atoms with Gasteiger partial charge in [-0.3, -0.25) is 4.98 Å². The number of aryl methyl sites for hydroxylation is 1. The number of H-pyrrole nitrogens is 1. The molecular formula is C15H20N4. The molecule has 0 spiro atoms. The number of aromatic nitrogens is 3. The second-order valence-electron chi connectivity index (χ2n) is 5.42. The van der Waals surface area contributed by atoms with E-state index >= 15 is 0 Å². The molecule has 3 rings (SSSR count). The summed E-state index contributed by atoms with van der Waals surface area (Å²) < 4.78 is 0.